The summed E-state index contributed by atoms with van der Waals surface area (Å²) in [6, 6.07) is 0. The Hall–Kier alpha value is -1.06. The molecule has 1 radical (unpaired) electrons. The van der Waals surface area contributed by atoms with Crippen molar-refractivity contribution >= 4 is 12.2 Å². The molecule has 0 fully saturated rings. The third kappa shape index (κ3) is 8.18. The molecular formula is C12H23N2O6. The van der Waals surface area contributed by atoms with Gasteiger partial charge in [-0.05, 0) is 20.8 Å². The predicted octanol–water partition coefficient (Wildman–Crippen LogP) is -0.723. The highest BCUT2D eigenvalue weighted by Gasteiger charge is 2.29. The summed E-state index contributed by atoms with van der Waals surface area (Å²) in [5, 5.41) is 2.54. The van der Waals surface area contributed by atoms with Crippen molar-refractivity contribution in [2.45, 2.75) is 32.9 Å². The van der Waals surface area contributed by atoms with E-state index >= 15 is 0 Å². The molecule has 8 heteroatoms. The van der Waals surface area contributed by atoms with Crippen LogP contribution in [-0.2, 0) is 28.5 Å². The van der Waals surface area contributed by atoms with E-state index in [0.29, 0.717) is 13.2 Å². The second-order valence-electron chi connectivity index (χ2n) is 3.66. The number of hydrogen-bond donors (Lipinski definition) is 2. The Labute approximate surface area is 118 Å². The number of nitrogens with two attached hydrogens (primary N) is 1. The summed E-state index contributed by atoms with van der Waals surface area (Å²) in [4.78, 5) is 22.2. The van der Waals surface area contributed by atoms with E-state index < -0.39 is 12.1 Å². The molecule has 3 N–H and O–H groups in total. The summed E-state index contributed by atoms with van der Waals surface area (Å²) in [6.07, 6.45) is 0.695. The first-order chi connectivity index (χ1) is 9.51. The molecule has 8 nitrogen and oxygen atoms in total. The summed E-state index contributed by atoms with van der Waals surface area (Å²) in [6.45, 7) is 5.91. The van der Waals surface area contributed by atoms with Crippen LogP contribution in [0, 0.1) is 0 Å². The normalized spacial score (nSPS) is 15.4. The maximum absolute atomic E-state index is 11.5. The molecule has 0 aliphatic heterocycles. The van der Waals surface area contributed by atoms with Crippen molar-refractivity contribution in [1.29, 1.82) is 0 Å². The van der Waals surface area contributed by atoms with Crippen LogP contribution in [0.2, 0.25) is 0 Å². The Kier molecular flexibility index (Phi) is 10.1. The molecule has 0 aliphatic carbocycles. The zero-order chi connectivity index (χ0) is 15.4. The maximum Gasteiger partial charge on any atom is 0.296 e. The SMILES string of the molecule is CCOCC(=O)NC(COC(N)([C]=O)OCC)OCC. The maximum atomic E-state index is 11.5. The lowest BCUT2D eigenvalue weighted by Gasteiger charge is -2.25. The Morgan fingerprint density at radius 3 is 2.45 bits per heavy atom. The van der Waals surface area contributed by atoms with Crippen molar-refractivity contribution in [3.05, 3.63) is 0 Å². The molecule has 0 aromatic heterocycles. The number of nitrogens with one attached hydrogen (secondary N) is 1. The monoisotopic (exact) mass is 291 g/mol. The van der Waals surface area contributed by atoms with Crippen LogP contribution in [0.5, 0.6) is 0 Å². The summed E-state index contributed by atoms with van der Waals surface area (Å²) in [5.74, 6) is -2.32. The van der Waals surface area contributed by atoms with Gasteiger partial charge in [0.15, 0.2) is 6.23 Å². The highest BCUT2D eigenvalue weighted by Crippen LogP contribution is 2.03. The number of hydrogen-bond acceptors (Lipinski definition) is 7. The summed E-state index contributed by atoms with van der Waals surface area (Å²) < 4.78 is 20.2. The molecule has 0 saturated heterocycles. The Balaban J connectivity index is 4.31. The van der Waals surface area contributed by atoms with Gasteiger partial charge in [-0.15, -0.1) is 0 Å². The van der Waals surface area contributed by atoms with Gasteiger partial charge in [-0.2, -0.15) is 0 Å². The third-order valence-corrected chi connectivity index (χ3v) is 2.08. The fourth-order valence-electron chi connectivity index (χ4n) is 1.26. The summed E-state index contributed by atoms with van der Waals surface area (Å²) in [7, 11) is 0. The molecule has 0 aromatic carbocycles. The molecule has 0 aliphatic rings. The molecular weight excluding hydrogens is 268 g/mol. The molecule has 117 valence electrons. The van der Waals surface area contributed by atoms with Crippen molar-refractivity contribution in [1.82, 2.24) is 5.32 Å². The molecule has 0 rings (SSSR count). The number of ether oxygens (including phenoxy) is 4. The van der Waals surface area contributed by atoms with Crippen molar-refractivity contribution in [3.63, 3.8) is 0 Å². The first-order valence-corrected chi connectivity index (χ1v) is 6.46. The largest absolute Gasteiger partial charge is 0.372 e. The van der Waals surface area contributed by atoms with Gasteiger partial charge in [0, 0.05) is 19.8 Å². The number of carbonyl (C=O) groups excluding carboxylic acids is 2. The van der Waals surface area contributed by atoms with E-state index in [4.69, 9.17) is 24.7 Å². The molecule has 0 heterocycles. The van der Waals surface area contributed by atoms with Crippen LogP contribution in [0.3, 0.4) is 0 Å². The van der Waals surface area contributed by atoms with Crippen molar-refractivity contribution in [2.24, 2.45) is 5.73 Å². The number of amides is 1. The third-order valence-electron chi connectivity index (χ3n) is 2.08. The fourth-order valence-corrected chi connectivity index (χ4v) is 1.26. The van der Waals surface area contributed by atoms with Gasteiger partial charge < -0.3 is 24.3 Å². The molecule has 0 saturated carbocycles. The average Bonchev–Trinajstić information content (AvgIpc) is 2.43. The zero-order valence-electron chi connectivity index (χ0n) is 12.1. The molecule has 2 atom stereocenters. The minimum atomic E-state index is -1.96. The van der Waals surface area contributed by atoms with Gasteiger partial charge in [0.1, 0.15) is 6.61 Å². The van der Waals surface area contributed by atoms with Crippen molar-refractivity contribution in [2.75, 3.05) is 33.0 Å². The van der Waals surface area contributed by atoms with E-state index in [2.05, 4.69) is 5.32 Å². The molecule has 20 heavy (non-hydrogen) atoms. The van der Waals surface area contributed by atoms with Crippen LogP contribution in [0.4, 0.5) is 0 Å². The lowest BCUT2D eigenvalue weighted by Crippen LogP contribution is -2.51. The summed E-state index contributed by atoms with van der Waals surface area (Å²) >= 11 is 0. The first kappa shape index (κ1) is 18.9. The van der Waals surface area contributed by atoms with Gasteiger partial charge in [0.25, 0.3) is 12.2 Å². The quantitative estimate of drug-likeness (QED) is 0.456. The van der Waals surface area contributed by atoms with Gasteiger partial charge in [-0.1, -0.05) is 0 Å². The van der Waals surface area contributed by atoms with E-state index in [-0.39, 0.29) is 25.7 Å². The van der Waals surface area contributed by atoms with Gasteiger partial charge in [0.2, 0.25) is 5.91 Å². The van der Waals surface area contributed by atoms with Crippen LogP contribution < -0.4 is 11.1 Å². The van der Waals surface area contributed by atoms with E-state index in [0.717, 1.165) is 0 Å². The lowest BCUT2D eigenvalue weighted by atomic mass is 10.5. The average molecular weight is 291 g/mol. The van der Waals surface area contributed by atoms with Crippen LogP contribution in [0.1, 0.15) is 20.8 Å². The van der Waals surface area contributed by atoms with E-state index in [1.54, 1.807) is 20.8 Å². The molecule has 0 bridgehead atoms. The van der Waals surface area contributed by atoms with Crippen LogP contribution in [0.25, 0.3) is 0 Å². The molecule has 0 aromatic rings. The minimum Gasteiger partial charge on any atom is -0.372 e. The van der Waals surface area contributed by atoms with E-state index in [1.807, 2.05) is 0 Å². The van der Waals surface area contributed by atoms with Crippen molar-refractivity contribution < 1.29 is 28.5 Å². The Morgan fingerprint density at radius 2 is 1.95 bits per heavy atom. The van der Waals surface area contributed by atoms with Crippen LogP contribution in [-0.4, -0.2) is 57.4 Å². The van der Waals surface area contributed by atoms with Crippen molar-refractivity contribution in [3.8, 4) is 0 Å². The zero-order valence-corrected chi connectivity index (χ0v) is 12.1. The Morgan fingerprint density at radius 1 is 1.25 bits per heavy atom. The lowest BCUT2D eigenvalue weighted by molar-refractivity contribution is -0.202. The van der Waals surface area contributed by atoms with E-state index in [1.165, 1.54) is 6.29 Å². The molecule has 1 amide bonds. The smallest absolute Gasteiger partial charge is 0.296 e. The van der Waals surface area contributed by atoms with Gasteiger partial charge in [-0.3, -0.25) is 15.3 Å². The Bertz CT molecular complexity index is 289. The van der Waals surface area contributed by atoms with E-state index in [9.17, 15) is 9.59 Å². The standard InChI is InChI=1S/C12H23N2O6/c1-4-17-7-10(16)14-11(18-5-2)8-20-12(13,9-15)19-6-3/h11H,4-8,13H2,1-3H3,(H,14,16). The number of rotatable bonds is 12. The van der Waals surface area contributed by atoms with Crippen LogP contribution in [0.15, 0.2) is 0 Å². The van der Waals surface area contributed by atoms with Gasteiger partial charge >= 0.3 is 0 Å². The highest BCUT2D eigenvalue weighted by atomic mass is 16.7. The van der Waals surface area contributed by atoms with Crippen LogP contribution >= 0.6 is 0 Å². The highest BCUT2D eigenvalue weighted by molar-refractivity contribution is 5.77. The van der Waals surface area contributed by atoms with Gasteiger partial charge in [0.05, 0.1) is 6.61 Å². The summed E-state index contributed by atoms with van der Waals surface area (Å²) in [5.41, 5.74) is 5.50. The molecule has 0 spiro atoms. The number of carbonyl (C=O) groups is 1. The molecule has 2 unspecified atom stereocenters. The van der Waals surface area contributed by atoms with Gasteiger partial charge in [-0.25, -0.2) is 0 Å². The first-order valence-electron chi connectivity index (χ1n) is 6.46. The predicted molar refractivity (Wildman–Crippen MR) is 70.2 cm³/mol. The second kappa shape index (κ2) is 10.7. The second-order valence-corrected chi connectivity index (χ2v) is 3.66. The fraction of sp³-hybridized carbons (Fsp3) is 0.833. The minimum absolute atomic E-state index is 0.0842. The topological polar surface area (TPSA) is 109 Å².